The maximum absolute atomic E-state index is 7.44. The normalized spacial score (nSPS) is 23.1. The molecule has 8 aromatic rings. The van der Waals surface area contributed by atoms with Gasteiger partial charge in [0.15, 0.2) is 0 Å². The van der Waals surface area contributed by atoms with Crippen LogP contribution >= 0.6 is 0 Å². The minimum atomic E-state index is -0.985. The first-order valence-corrected chi connectivity index (χ1v) is 29.1. The fraction of sp³-hybridized carbons (Fsp3) is 0.294. The Labute approximate surface area is 472 Å². The van der Waals surface area contributed by atoms with Crippen LogP contribution in [0.4, 0.5) is 0 Å². The zero-order valence-corrected chi connectivity index (χ0v) is 46.4. The summed E-state index contributed by atoms with van der Waals surface area (Å²) in [6, 6.07) is 79.9. The van der Waals surface area contributed by atoms with E-state index >= 15 is 0 Å². The second kappa shape index (κ2) is 29.9. The van der Waals surface area contributed by atoms with Gasteiger partial charge in [-0.1, -0.05) is 84.9 Å². The van der Waals surface area contributed by atoms with Gasteiger partial charge in [-0.25, -0.2) is 0 Å². The van der Waals surface area contributed by atoms with Crippen LogP contribution in [-0.2, 0) is 93.6 Å². The van der Waals surface area contributed by atoms with Gasteiger partial charge < -0.3 is 0 Å². The Hall–Kier alpha value is -6.12. The van der Waals surface area contributed by atoms with E-state index in [0.717, 1.165) is 38.9 Å². The fourth-order valence-corrected chi connectivity index (χ4v) is 12.2. The Morgan fingerprint density at radius 3 is 1.01 bits per heavy atom. The molecule has 10 atom stereocenters. The van der Waals surface area contributed by atoms with Gasteiger partial charge in [-0.3, -0.25) is 0 Å². The third kappa shape index (κ3) is 16.7. The predicted molar refractivity (Wildman–Crippen MR) is 306 cm³/mol. The summed E-state index contributed by atoms with van der Waals surface area (Å²) in [7, 11) is 0. The minimum absolute atomic E-state index is 0.0466. The first kappa shape index (κ1) is 56.2. The van der Waals surface area contributed by atoms with Crippen LogP contribution in [0.25, 0.3) is 0 Å². The SMILES string of the molecule is Cc1ccc([Se][C@@H]2O[C@H](CO[C@@H]3O[C@H](COCc4ccccc4)[C@@H](OCc4ccccc4)[C@H](OCc4ccccc4)[C@H]3OCc3ccccc3)[C@@H](OCc3ccccc3)[C@H](OCc3ccccc3)[C@H]2OCc2ccccc2)cc1. The predicted octanol–water partition coefficient (Wildman–Crippen LogP) is 11.5. The number of aryl methyl sites for hydroxylation is 1. The van der Waals surface area contributed by atoms with E-state index in [-0.39, 0.29) is 34.8 Å². The summed E-state index contributed by atoms with van der Waals surface area (Å²) in [6.07, 6.45) is -6.22. The second-order valence-corrected chi connectivity index (χ2v) is 22.4. The van der Waals surface area contributed by atoms with Crippen molar-refractivity contribution in [3.8, 4) is 0 Å². The summed E-state index contributed by atoms with van der Waals surface area (Å²) in [5.74, 6) is 0. The van der Waals surface area contributed by atoms with Gasteiger partial charge >= 0.3 is 389 Å². The molecule has 0 bridgehead atoms. The van der Waals surface area contributed by atoms with Crippen LogP contribution in [0.15, 0.2) is 237 Å². The Morgan fingerprint density at radius 1 is 0.304 bits per heavy atom. The maximum atomic E-state index is 7.44. The fourth-order valence-electron chi connectivity index (χ4n) is 9.80. The molecule has 0 N–H and O–H groups in total. The van der Waals surface area contributed by atoms with Crippen LogP contribution in [0.2, 0.25) is 0 Å². The first-order chi connectivity index (χ1) is 39.1. The van der Waals surface area contributed by atoms with Crippen LogP contribution in [0, 0.1) is 6.92 Å². The Morgan fingerprint density at radius 2 is 0.620 bits per heavy atom. The number of hydrogen-bond acceptors (Lipinski definition) is 10. The van der Waals surface area contributed by atoms with Crippen molar-refractivity contribution < 1.29 is 47.4 Å². The van der Waals surface area contributed by atoms with Crippen molar-refractivity contribution in [2.45, 2.75) is 113 Å². The third-order valence-corrected chi connectivity index (χ3v) is 16.4. The molecule has 10 nitrogen and oxygen atoms in total. The molecule has 0 aromatic heterocycles. The van der Waals surface area contributed by atoms with Gasteiger partial charge in [0.25, 0.3) is 0 Å². The van der Waals surface area contributed by atoms with E-state index in [2.05, 4.69) is 116 Å². The summed E-state index contributed by atoms with van der Waals surface area (Å²) in [6.45, 7) is 4.56. The monoisotopic (exact) mass is 1130 g/mol. The van der Waals surface area contributed by atoms with Gasteiger partial charge in [0.2, 0.25) is 0 Å². The van der Waals surface area contributed by atoms with Gasteiger partial charge in [-0.2, -0.15) is 0 Å². The van der Waals surface area contributed by atoms with E-state index in [1.807, 2.05) is 127 Å². The number of rotatable bonds is 27. The molecule has 0 radical (unpaired) electrons. The molecule has 79 heavy (non-hydrogen) atoms. The Bertz CT molecular complexity index is 2930. The van der Waals surface area contributed by atoms with E-state index in [9.17, 15) is 0 Å². The van der Waals surface area contributed by atoms with E-state index in [1.54, 1.807) is 0 Å². The first-order valence-electron chi connectivity index (χ1n) is 27.3. The molecule has 0 aliphatic carbocycles. The van der Waals surface area contributed by atoms with Crippen molar-refractivity contribution in [3.05, 3.63) is 281 Å². The molecule has 10 rings (SSSR count). The molecule has 2 aliphatic heterocycles. The zero-order chi connectivity index (χ0) is 53.7. The molecule has 8 aromatic carbocycles. The van der Waals surface area contributed by atoms with Crippen molar-refractivity contribution in [1.82, 2.24) is 0 Å². The Kier molecular flexibility index (Phi) is 21.3. The average molecular weight is 1130 g/mol. The van der Waals surface area contributed by atoms with Crippen LogP contribution in [-0.4, -0.2) is 88.3 Å². The topological polar surface area (TPSA) is 92.3 Å². The molecule has 0 unspecified atom stereocenters. The van der Waals surface area contributed by atoms with Crippen LogP contribution in [0.5, 0.6) is 0 Å². The third-order valence-electron chi connectivity index (χ3n) is 14.0. The molecular formula is C68H70O10Se. The number of ether oxygens (including phenoxy) is 10. The molecule has 11 heteroatoms. The van der Waals surface area contributed by atoms with Crippen LogP contribution in [0.1, 0.15) is 44.5 Å². The molecule has 0 saturated carbocycles. The number of hydrogen-bond donors (Lipinski definition) is 0. The van der Waals surface area contributed by atoms with Crippen molar-refractivity contribution in [2.24, 2.45) is 0 Å². The van der Waals surface area contributed by atoms with E-state index in [1.165, 1.54) is 10.0 Å². The molecule has 2 saturated heterocycles. The van der Waals surface area contributed by atoms with Crippen molar-refractivity contribution >= 4 is 19.4 Å². The van der Waals surface area contributed by atoms with Gasteiger partial charge in [0.1, 0.15) is 0 Å². The van der Waals surface area contributed by atoms with Gasteiger partial charge in [-0.05, 0) is 0 Å². The summed E-state index contributed by atoms with van der Waals surface area (Å²) in [4.78, 5) is 0. The van der Waals surface area contributed by atoms with Gasteiger partial charge in [0, 0.05) is 0 Å². The van der Waals surface area contributed by atoms with Gasteiger partial charge in [-0.15, -0.1) is 0 Å². The molecule has 0 amide bonds. The van der Waals surface area contributed by atoms with Crippen molar-refractivity contribution in [1.29, 1.82) is 0 Å². The van der Waals surface area contributed by atoms with Crippen LogP contribution < -0.4 is 4.46 Å². The molecule has 0 spiro atoms. The van der Waals surface area contributed by atoms with Crippen molar-refractivity contribution in [3.63, 3.8) is 0 Å². The quantitative estimate of drug-likeness (QED) is 0.0464. The molecule has 2 aliphatic rings. The summed E-state index contributed by atoms with van der Waals surface area (Å²) < 4.78 is 72.1. The molecule has 2 fully saturated rings. The summed E-state index contributed by atoms with van der Waals surface area (Å²) >= 11 is -0.240. The Balaban J connectivity index is 1.02. The van der Waals surface area contributed by atoms with E-state index in [0.29, 0.717) is 39.6 Å². The summed E-state index contributed by atoms with van der Waals surface area (Å²) in [5.41, 5.74) is 8.34. The van der Waals surface area contributed by atoms with E-state index in [4.69, 9.17) is 47.4 Å². The standard InChI is InChI=1S/C68H70O10Se/c1-50-37-39-58(40-38-50)79-68-66(75-47-57-35-21-8-22-36-57)64(73-45-55-31-17-6-18-32-55)62(71-43-53-27-13-4-14-28-53)60(78-68)49-76-67-65(74-46-56-33-19-7-20-34-56)63(72-44-54-29-15-5-16-30-54)61(70-42-52-25-11-3-12-26-52)59(77-67)48-69-41-51-23-9-2-10-24-51/h2-40,59-68H,41-49H2,1H3/t59-,60-,61-,62-,63+,64+,65-,66-,67-,68+/m1/s1. The molecule has 408 valence electrons. The van der Waals surface area contributed by atoms with Crippen molar-refractivity contribution in [2.75, 3.05) is 13.2 Å². The van der Waals surface area contributed by atoms with Gasteiger partial charge in [0.05, 0.1) is 0 Å². The zero-order valence-electron chi connectivity index (χ0n) is 44.6. The number of benzene rings is 8. The molecular weight excluding hydrogens is 1060 g/mol. The average Bonchev–Trinajstić information content (AvgIpc) is 3.55. The van der Waals surface area contributed by atoms with E-state index < -0.39 is 60.1 Å². The van der Waals surface area contributed by atoms with Crippen LogP contribution in [0.3, 0.4) is 0 Å². The summed E-state index contributed by atoms with van der Waals surface area (Å²) in [5, 5.41) is -0.417. The second-order valence-electron chi connectivity index (χ2n) is 19.9. The molecule has 2 heterocycles.